The van der Waals surface area contributed by atoms with E-state index in [0.29, 0.717) is 28.0 Å². The lowest BCUT2D eigenvalue weighted by Crippen LogP contribution is -2.04. The summed E-state index contributed by atoms with van der Waals surface area (Å²) >= 11 is 0. The molecule has 0 bridgehead atoms. The minimum Gasteiger partial charge on any atom is -0.497 e. The Balaban J connectivity index is 2.85. The number of rotatable bonds is 3. The molecule has 0 aliphatic heterocycles. The molecule has 0 aliphatic rings. The minimum absolute atomic E-state index is 0.411. The number of hydrogen-bond donors (Lipinski definition) is 0. The van der Waals surface area contributed by atoms with E-state index in [2.05, 4.69) is 4.98 Å². The van der Waals surface area contributed by atoms with Crippen molar-refractivity contribution in [2.75, 3.05) is 21.3 Å². The van der Waals surface area contributed by atoms with Gasteiger partial charge in [0.2, 0.25) is 0 Å². The van der Waals surface area contributed by atoms with Gasteiger partial charge in [0.15, 0.2) is 0 Å². The van der Waals surface area contributed by atoms with Crippen molar-refractivity contribution >= 4 is 16.9 Å². The summed E-state index contributed by atoms with van der Waals surface area (Å²) in [6.45, 7) is 1.82. The number of ether oxygens (including phenoxy) is 3. The zero-order chi connectivity index (χ0) is 14.0. The maximum atomic E-state index is 11.8. The molecule has 0 N–H and O–H groups in total. The van der Waals surface area contributed by atoms with Crippen LogP contribution in [0.15, 0.2) is 18.2 Å². The fourth-order valence-corrected chi connectivity index (χ4v) is 1.95. The van der Waals surface area contributed by atoms with E-state index in [1.54, 1.807) is 32.4 Å². The van der Waals surface area contributed by atoms with Crippen LogP contribution in [0, 0.1) is 6.92 Å². The molecule has 0 amide bonds. The Morgan fingerprint density at radius 2 is 1.84 bits per heavy atom. The first kappa shape index (κ1) is 13.1. The van der Waals surface area contributed by atoms with Gasteiger partial charge in [-0.15, -0.1) is 0 Å². The van der Waals surface area contributed by atoms with Gasteiger partial charge in [-0.1, -0.05) is 0 Å². The van der Waals surface area contributed by atoms with Crippen LogP contribution in [0.4, 0.5) is 0 Å². The van der Waals surface area contributed by atoms with Crippen LogP contribution in [0.5, 0.6) is 11.5 Å². The average molecular weight is 261 g/mol. The highest BCUT2D eigenvalue weighted by Gasteiger charge is 2.16. The van der Waals surface area contributed by atoms with Crippen LogP contribution in [0.2, 0.25) is 0 Å². The Morgan fingerprint density at radius 1 is 1.11 bits per heavy atom. The van der Waals surface area contributed by atoms with Crippen LogP contribution in [-0.2, 0) is 4.74 Å². The highest BCUT2D eigenvalue weighted by Crippen LogP contribution is 2.32. The molecule has 0 spiro atoms. The third-order valence-corrected chi connectivity index (χ3v) is 2.84. The van der Waals surface area contributed by atoms with Gasteiger partial charge in [0.1, 0.15) is 17.0 Å². The Kier molecular flexibility index (Phi) is 3.55. The van der Waals surface area contributed by atoms with Crippen molar-refractivity contribution in [3.05, 3.63) is 29.5 Å². The van der Waals surface area contributed by atoms with Gasteiger partial charge in [-0.2, -0.15) is 0 Å². The highest BCUT2D eigenvalue weighted by molar-refractivity contribution is 6.05. The molecule has 5 heteroatoms. The number of hydrogen-bond acceptors (Lipinski definition) is 5. The van der Waals surface area contributed by atoms with E-state index < -0.39 is 5.97 Å². The zero-order valence-electron chi connectivity index (χ0n) is 11.3. The third-order valence-electron chi connectivity index (χ3n) is 2.84. The highest BCUT2D eigenvalue weighted by atomic mass is 16.5. The Bertz CT molecular complexity index is 637. The summed E-state index contributed by atoms with van der Waals surface area (Å²) < 4.78 is 15.3. The lowest BCUT2D eigenvalue weighted by molar-refractivity contribution is 0.0603. The third kappa shape index (κ3) is 2.31. The van der Waals surface area contributed by atoms with Crippen molar-refractivity contribution in [3.8, 4) is 11.5 Å². The molecule has 0 saturated carbocycles. The molecule has 100 valence electrons. The molecule has 2 aromatic rings. The van der Waals surface area contributed by atoms with Crippen LogP contribution < -0.4 is 9.47 Å². The van der Waals surface area contributed by atoms with Crippen molar-refractivity contribution in [1.29, 1.82) is 0 Å². The van der Waals surface area contributed by atoms with Gasteiger partial charge in [0, 0.05) is 17.1 Å². The van der Waals surface area contributed by atoms with Crippen molar-refractivity contribution in [2.45, 2.75) is 6.92 Å². The number of fused-ring (bicyclic) bond motifs is 1. The number of aromatic nitrogens is 1. The van der Waals surface area contributed by atoms with E-state index in [1.807, 2.05) is 6.92 Å². The second-order valence-electron chi connectivity index (χ2n) is 4.03. The first-order valence-electron chi connectivity index (χ1n) is 5.72. The number of nitrogens with zero attached hydrogens (tertiary/aromatic N) is 1. The number of pyridine rings is 1. The molecule has 2 rings (SSSR count). The topological polar surface area (TPSA) is 57.7 Å². The smallest absolute Gasteiger partial charge is 0.338 e. The Labute approximate surface area is 111 Å². The number of esters is 1. The van der Waals surface area contributed by atoms with E-state index >= 15 is 0 Å². The van der Waals surface area contributed by atoms with Gasteiger partial charge in [0.05, 0.1) is 26.9 Å². The monoisotopic (exact) mass is 261 g/mol. The Morgan fingerprint density at radius 3 is 2.42 bits per heavy atom. The first-order valence-corrected chi connectivity index (χ1v) is 5.72. The van der Waals surface area contributed by atoms with Crippen LogP contribution >= 0.6 is 0 Å². The van der Waals surface area contributed by atoms with Gasteiger partial charge in [-0.05, 0) is 19.1 Å². The van der Waals surface area contributed by atoms with Crippen LogP contribution in [0.25, 0.3) is 10.9 Å². The number of methoxy groups -OCH3 is 3. The molecule has 0 radical (unpaired) electrons. The van der Waals surface area contributed by atoms with E-state index in [1.165, 1.54) is 7.11 Å². The summed E-state index contributed by atoms with van der Waals surface area (Å²) in [6, 6.07) is 5.17. The standard InChI is InChI=1S/C14H15NO4/c1-8-5-11(14(16)19-4)10-6-9(17-2)7-12(18-3)13(10)15-8/h5-7H,1-4H3. The normalized spacial score (nSPS) is 10.3. The molecule has 19 heavy (non-hydrogen) atoms. The van der Waals surface area contributed by atoms with Crippen LogP contribution in [-0.4, -0.2) is 32.3 Å². The summed E-state index contributed by atoms with van der Waals surface area (Å²) in [6.07, 6.45) is 0. The molecule has 0 aliphatic carbocycles. The predicted molar refractivity (Wildman–Crippen MR) is 70.9 cm³/mol. The van der Waals surface area contributed by atoms with Crippen molar-refractivity contribution in [3.63, 3.8) is 0 Å². The molecule has 0 atom stereocenters. The van der Waals surface area contributed by atoms with Gasteiger partial charge >= 0.3 is 5.97 Å². The molecular weight excluding hydrogens is 246 g/mol. The minimum atomic E-state index is -0.411. The van der Waals surface area contributed by atoms with Crippen molar-refractivity contribution < 1.29 is 19.0 Å². The second-order valence-corrected chi connectivity index (χ2v) is 4.03. The quantitative estimate of drug-likeness (QED) is 0.794. The van der Waals surface area contributed by atoms with Crippen molar-refractivity contribution in [1.82, 2.24) is 4.98 Å². The van der Waals surface area contributed by atoms with Gasteiger partial charge in [0.25, 0.3) is 0 Å². The predicted octanol–water partition coefficient (Wildman–Crippen LogP) is 2.35. The largest absolute Gasteiger partial charge is 0.497 e. The van der Waals surface area contributed by atoms with Gasteiger partial charge in [-0.3, -0.25) is 0 Å². The molecule has 1 heterocycles. The maximum Gasteiger partial charge on any atom is 0.338 e. The number of carbonyl (C=O) groups is 1. The molecule has 0 saturated heterocycles. The van der Waals surface area contributed by atoms with Crippen LogP contribution in [0.1, 0.15) is 16.1 Å². The zero-order valence-corrected chi connectivity index (χ0v) is 11.3. The lowest BCUT2D eigenvalue weighted by Gasteiger charge is -2.11. The summed E-state index contributed by atoms with van der Waals surface area (Å²) in [5, 5.41) is 0.647. The average Bonchev–Trinajstić information content (AvgIpc) is 2.44. The van der Waals surface area contributed by atoms with E-state index in [9.17, 15) is 4.79 Å². The lowest BCUT2D eigenvalue weighted by atomic mass is 10.1. The van der Waals surface area contributed by atoms with E-state index in [4.69, 9.17) is 14.2 Å². The van der Waals surface area contributed by atoms with Gasteiger partial charge < -0.3 is 14.2 Å². The Hall–Kier alpha value is -2.30. The number of aryl methyl sites for hydroxylation is 1. The van der Waals surface area contributed by atoms with Crippen LogP contribution in [0.3, 0.4) is 0 Å². The first-order chi connectivity index (χ1) is 9.10. The summed E-state index contributed by atoms with van der Waals surface area (Å²) in [5.74, 6) is 0.745. The summed E-state index contributed by atoms with van der Waals surface area (Å²) in [5.41, 5.74) is 1.78. The van der Waals surface area contributed by atoms with E-state index in [0.717, 1.165) is 5.69 Å². The van der Waals surface area contributed by atoms with E-state index in [-0.39, 0.29) is 0 Å². The fraction of sp³-hybridized carbons (Fsp3) is 0.286. The fourth-order valence-electron chi connectivity index (χ4n) is 1.95. The molecule has 0 fully saturated rings. The maximum absolute atomic E-state index is 11.8. The second kappa shape index (κ2) is 5.14. The molecule has 0 unspecified atom stereocenters. The number of carbonyl (C=O) groups excluding carboxylic acids is 1. The SMILES string of the molecule is COC(=O)c1cc(C)nc2c(OC)cc(OC)cc12. The molecule has 1 aromatic carbocycles. The molecular formula is C14H15NO4. The van der Waals surface area contributed by atoms with Crippen molar-refractivity contribution in [2.24, 2.45) is 0 Å². The summed E-state index contributed by atoms with van der Waals surface area (Å²) in [4.78, 5) is 16.3. The summed E-state index contributed by atoms with van der Waals surface area (Å²) in [7, 11) is 4.46. The van der Waals surface area contributed by atoms with Gasteiger partial charge in [-0.25, -0.2) is 9.78 Å². The molecule has 1 aromatic heterocycles. The number of benzene rings is 1. The molecule has 5 nitrogen and oxygen atoms in total.